The topological polar surface area (TPSA) is 80.4 Å². The van der Waals surface area contributed by atoms with Gasteiger partial charge in [-0.2, -0.15) is 5.10 Å². The van der Waals surface area contributed by atoms with E-state index in [0.717, 1.165) is 11.3 Å². The average Bonchev–Trinajstić information content (AvgIpc) is 2.84. The van der Waals surface area contributed by atoms with E-state index < -0.39 is 5.97 Å². The number of carboxylic acids is 1. The van der Waals surface area contributed by atoms with Crippen molar-refractivity contribution in [3.8, 4) is 11.4 Å². The third-order valence-corrected chi connectivity index (χ3v) is 2.99. The molecule has 0 aromatic carbocycles. The summed E-state index contributed by atoms with van der Waals surface area (Å²) in [6, 6.07) is 7.34. The van der Waals surface area contributed by atoms with Crippen molar-refractivity contribution in [2.45, 2.75) is 12.8 Å². The Morgan fingerprint density at radius 3 is 2.80 bits per heavy atom. The van der Waals surface area contributed by atoms with E-state index in [4.69, 9.17) is 5.11 Å². The predicted molar refractivity (Wildman–Crippen MR) is 72.2 cm³/mol. The standard InChI is InChI=1S/C14H12N4O2/c19-12(20)6-5-10-13(11-4-1-2-7-15-11)17-18-9-3-8-16-14(10)18/h1-4,7-9H,5-6H2,(H,19,20). The van der Waals surface area contributed by atoms with Crippen LogP contribution >= 0.6 is 0 Å². The highest BCUT2D eigenvalue weighted by atomic mass is 16.4. The molecule has 20 heavy (non-hydrogen) atoms. The first-order valence-corrected chi connectivity index (χ1v) is 6.21. The van der Waals surface area contributed by atoms with Gasteiger partial charge in [0.05, 0.1) is 5.69 Å². The van der Waals surface area contributed by atoms with Gasteiger partial charge in [0, 0.05) is 30.6 Å². The Kier molecular flexibility index (Phi) is 3.12. The van der Waals surface area contributed by atoms with Crippen LogP contribution in [-0.2, 0) is 11.2 Å². The SMILES string of the molecule is O=C(O)CCc1c(-c2ccccn2)nn2cccnc12. The second-order valence-electron chi connectivity index (χ2n) is 4.32. The normalized spacial score (nSPS) is 10.8. The number of rotatable bonds is 4. The van der Waals surface area contributed by atoms with E-state index in [1.54, 1.807) is 29.2 Å². The van der Waals surface area contributed by atoms with Gasteiger partial charge in [-0.3, -0.25) is 9.78 Å². The molecular weight excluding hydrogens is 256 g/mol. The summed E-state index contributed by atoms with van der Waals surface area (Å²) in [6.07, 6.45) is 5.57. The Morgan fingerprint density at radius 1 is 1.20 bits per heavy atom. The number of fused-ring (bicyclic) bond motifs is 1. The lowest BCUT2D eigenvalue weighted by Gasteiger charge is -2.00. The molecule has 0 bridgehead atoms. The summed E-state index contributed by atoms with van der Waals surface area (Å²) < 4.78 is 1.65. The highest BCUT2D eigenvalue weighted by Crippen LogP contribution is 2.24. The molecule has 1 N–H and O–H groups in total. The molecule has 0 spiro atoms. The highest BCUT2D eigenvalue weighted by Gasteiger charge is 2.16. The molecule has 100 valence electrons. The lowest BCUT2D eigenvalue weighted by molar-refractivity contribution is -0.136. The molecule has 0 unspecified atom stereocenters. The van der Waals surface area contributed by atoms with Gasteiger partial charge in [0.15, 0.2) is 5.65 Å². The van der Waals surface area contributed by atoms with Crippen molar-refractivity contribution in [3.63, 3.8) is 0 Å². The number of carbonyl (C=O) groups is 1. The number of carboxylic acid groups (broad SMARTS) is 1. The van der Waals surface area contributed by atoms with E-state index in [2.05, 4.69) is 15.1 Å². The molecule has 3 aromatic heterocycles. The number of hydrogen-bond donors (Lipinski definition) is 1. The Labute approximate surface area is 114 Å². The van der Waals surface area contributed by atoms with Crippen LogP contribution in [0, 0.1) is 0 Å². The van der Waals surface area contributed by atoms with Gasteiger partial charge in [-0.05, 0) is 24.6 Å². The van der Waals surface area contributed by atoms with E-state index >= 15 is 0 Å². The maximum atomic E-state index is 10.8. The molecule has 3 rings (SSSR count). The first-order chi connectivity index (χ1) is 9.75. The summed E-state index contributed by atoms with van der Waals surface area (Å²) in [5, 5.41) is 13.3. The molecule has 3 heterocycles. The second kappa shape index (κ2) is 5.08. The van der Waals surface area contributed by atoms with Gasteiger partial charge < -0.3 is 5.11 Å². The molecule has 0 amide bonds. The van der Waals surface area contributed by atoms with Gasteiger partial charge in [-0.25, -0.2) is 9.50 Å². The molecule has 6 heteroatoms. The number of aryl methyl sites for hydroxylation is 1. The van der Waals surface area contributed by atoms with E-state index in [1.165, 1.54) is 0 Å². The average molecular weight is 268 g/mol. The summed E-state index contributed by atoms with van der Waals surface area (Å²) >= 11 is 0. The third kappa shape index (κ3) is 2.23. The molecule has 0 aliphatic carbocycles. The van der Waals surface area contributed by atoms with Crippen molar-refractivity contribution in [2.24, 2.45) is 0 Å². The lowest BCUT2D eigenvalue weighted by atomic mass is 10.1. The maximum Gasteiger partial charge on any atom is 0.303 e. The fourth-order valence-corrected chi connectivity index (χ4v) is 2.11. The molecule has 0 saturated carbocycles. The first-order valence-electron chi connectivity index (χ1n) is 6.21. The van der Waals surface area contributed by atoms with Crippen LogP contribution in [0.4, 0.5) is 0 Å². The molecule has 0 aliphatic heterocycles. The van der Waals surface area contributed by atoms with Crippen LogP contribution in [0.1, 0.15) is 12.0 Å². The molecule has 6 nitrogen and oxygen atoms in total. The van der Waals surface area contributed by atoms with Crippen molar-refractivity contribution in [3.05, 3.63) is 48.4 Å². The number of nitrogens with zero attached hydrogens (tertiary/aromatic N) is 4. The van der Waals surface area contributed by atoms with Crippen LogP contribution < -0.4 is 0 Å². The lowest BCUT2D eigenvalue weighted by Crippen LogP contribution is -1.99. The van der Waals surface area contributed by atoms with Crippen LogP contribution in [0.5, 0.6) is 0 Å². The molecule has 0 fully saturated rings. The van der Waals surface area contributed by atoms with Gasteiger partial charge in [0.25, 0.3) is 0 Å². The number of aliphatic carboxylic acids is 1. The van der Waals surface area contributed by atoms with Crippen molar-refractivity contribution in [2.75, 3.05) is 0 Å². The van der Waals surface area contributed by atoms with Crippen LogP contribution in [-0.4, -0.2) is 30.7 Å². The van der Waals surface area contributed by atoms with E-state index in [1.807, 2.05) is 18.2 Å². The van der Waals surface area contributed by atoms with Crippen LogP contribution in [0.15, 0.2) is 42.9 Å². The van der Waals surface area contributed by atoms with Crippen LogP contribution in [0.25, 0.3) is 17.0 Å². The molecule has 3 aromatic rings. The van der Waals surface area contributed by atoms with Gasteiger partial charge in [0.1, 0.15) is 5.69 Å². The minimum Gasteiger partial charge on any atom is -0.481 e. The molecule has 0 saturated heterocycles. The van der Waals surface area contributed by atoms with E-state index in [0.29, 0.717) is 17.8 Å². The predicted octanol–water partition coefficient (Wildman–Crippen LogP) is 1.81. The number of aromatic nitrogens is 4. The van der Waals surface area contributed by atoms with Crippen molar-refractivity contribution >= 4 is 11.6 Å². The van der Waals surface area contributed by atoms with Gasteiger partial charge in [-0.15, -0.1) is 0 Å². The first kappa shape index (κ1) is 12.3. The fourth-order valence-electron chi connectivity index (χ4n) is 2.11. The van der Waals surface area contributed by atoms with Crippen molar-refractivity contribution in [1.29, 1.82) is 0 Å². The minimum atomic E-state index is -0.841. The minimum absolute atomic E-state index is 0.0394. The second-order valence-corrected chi connectivity index (χ2v) is 4.32. The number of hydrogen-bond acceptors (Lipinski definition) is 4. The quantitative estimate of drug-likeness (QED) is 0.780. The number of pyridine rings is 1. The van der Waals surface area contributed by atoms with Crippen molar-refractivity contribution in [1.82, 2.24) is 19.6 Å². The smallest absolute Gasteiger partial charge is 0.303 e. The summed E-state index contributed by atoms with van der Waals surface area (Å²) in [5.74, 6) is -0.841. The monoisotopic (exact) mass is 268 g/mol. The molecule has 0 atom stereocenters. The summed E-state index contributed by atoms with van der Waals surface area (Å²) in [6.45, 7) is 0. The maximum absolute atomic E-state index is 10.8. The van der Waals surface area contributed by atoms with Gasteiger partial charge in [-0.1, -0.05) is 6.07 Å². The zero-order valence-electron chi connectivity index (χ0n) is 10.6. The Bertz CT molecular complexity index is 752. The molecule has 0 aliphatic rings. The Balaban J connectivity index is 2.15. The fraction of sp³-hybridized carbons (Fsp3) is 0.143. The zero-order chi connectivity index (χ0) is 13.9. The summed E-state index contributed by atoms with van der Waals surface area (Å²) in [4.78, 5) is 19.4. The Hall–Kier alpha value is -2.76. The van der Waals surface area contributed by atoms with E-state index in [9.17, 15) is 4.79 Å². The van der Waals surface area contributed by atoms with Gasteiger partial charge >= 0.3 is 5.97 Å². The Morgan fingerprint density at radius 2 is 2.05 bits per heavy atom. The largest absolute Gasteiger partial charge is 0.481 e. The third-order valence-electron chi connectivity index (χ3n) is 2.99. The summed E-state index contributed by atoms with van der Waals surface area (Å²) in [7, 11) is 0. The van der Waals surface area contributed by atoms with Crippen molar-refractivity contribution < 1.29 is 9.90 Å². The molecular formula is C14H12N4O2. The van der Waals surface area contributed by atoms with E-state index in [-0.39, 0.29) is 6.42 Å². The van der Waals surface area contributed by atoms with Gasteiger partial charge in [0.2, 0.25) is 0 Å². The highest BCUT2D eigenvalue weighted by molar-refractivity contribution is 5.71. The van der Waals surface area contributed by atoms with Crippen LogP contribution in [0.3, 0.4) is 0 Å². The van der Waals surface area contributed by atoms with Crippen LogP contribution in [0.2, 0.25) is 0 Å². The summed E-state index contributed by atoms with van der Waals surface area (Å²) in [5.41, 5.74) is 2.89. The molecule has 0 radical (unpaired) electrons. The zero-order valence-corrected chi connectivity index (χ0v) is 10.6.